The summed E-state index contributed by atoms with van der Waals surface area (Å²) in [6.45, 7) is 1.63. The van der Waals surface area contributed by atoms with Crippen LogP contribution in [-0.4, -0.2) is 22.9 Å². The molecule has 1 saturated heterocycles. The number of halogens is 3. The van der Waals surface area contributed by atoms with Gasteiger partial charge in [0.1, 0.15) is 5.69 Å². The standard InChI is InChI=1S/C17H19F3N4O/c18-17(19,20)12-5-7-13(8-6-12)24-16(25)15(21)14(11-22-24)23-9-3-1-2-4-10-23/h5-8,11H,1-4,9-10,21H2. The van der Waals surface area contributed by atoms with Gasteiger partial charge in [-0.25, -0.2) is 0 Å². The maximum absolute atomic E-state index is 12.6. The van der Waals surface area contributed by atoms with Crippen LogP contribution in [0, 0.1) is 0 Å². The van der Waals surface area contributed by atoms with Crippen LogP contribution in [0.2, 0.25) is 0 Å². The second kappa shape index (κ2) is 6.78. The second-order valence-corrected chi connectivity index (χ2v) is 6.11. The SMILES string of the molecule is Nc1c(N2CCCCCC2)cnn(-c2ccc(C(F)(F)F)cc2)c1=O. The van der Waals surface area contributed by atoms with Crippen molar-refractivity contribution >= 4 is 11.4 Å². The molecular weight excluding hydrogens is 333 g/mol. The summed E-state index contributed by atoms with van der Waals surface area (Å²) in [7, 11) is 0. The van der Waals surface area contributed by atoms with E-state index in [1.54, 1.807) is 0 Å². The number of benzene rings is 1. The van der Waals surface area contributed by atoms with Gasteiger partial charge in [0.05, 0.1) is 23.1 Å². The van der Waals surface area contributed by atoms with Crippen molar-refractivity contribution in [2.24, 2.45) is 0 Å². The smallest absolute Gasteiger partial charge is 0.392 e. The monoisotopic (exact) mass is 352 g/mol. The van der Waals surface area contributed by atoms with Gasteiger partial charge >= 0.3 is 6.18 Å². The Bertz CT molecular complexity index is 791. The van der Waals surface area contributed by atoms with Crippen LogP contribution < -0.4 is 16.2 Å². The highest BCUT2D eigenvalue weighted by atomic mass is 19.4. The molecule has 0 radical (unpaired) electrons. The third-order valence-electron chi connectivity index (χ3n) is 4.38. The largest absolute Gasteiger partial charge is 0.416 e. The first kappa shape index (κ1) is 17.3. The van der Waals surface area contributed by atoms with Crippen molar-refractivity contribution in [3.05, 3.63) is 46.4 Å². The molecule has 1 aromatic carbocycles. The van der Waals surface area contributed by atoms with Gasteiger partial charge in [-0.3, -0.25) is 4.79 Å². The zero-order chi connectivity index (χ0) is 18.0. The molecule has 0 spiro atoms. The van der Waals surface area contributed by atoms with E-state index >= 15 is 0 Å². The Hall–Kier alpha value is -2.51. The predicted octanol–water partition coefficient (Wildman–Crippen LogP) is 3.21. The van der Waals surface area contributed by atoms with E-state index in [-0.39, 0.29) is 11.4 Å². The average molecular weight is 352 g/mol. The molecule has 0 amide bonds. The van der Waals surface area contributed by atoms with Gasteiger partial charge in [-0.2, -0.15) is 23.0 Å². The Morgan fingerprint density at radius 1 is 1.00 bits per heavy atom. The molecule has 8 heteroatoms. The molecule has 0 saturated carbocycles. The van der Waals surface area contributed by atoms with Gasteiger partial charge in [0.15, 0.2) is 0 Å². The van der Waals surface area contributed by atoms with Crippen LogP contribution >= 0.6 is 0 Å². The van der Waals surface area contributed by atoms with Gasteiger partial charge in [0.2, 0.25) is 0 Å². The highest BCUT2D eigenvalue weighted by Gasteiger charge is 2.30. The zero-order valence-corrected chi connectivity index (χ0v) is 13.6. The minimum absolute atomic E-state index is 0.0665. The number of alkyl halides is 3. The van der Waals surface area contributed by atoms with Gasteiger partial charge in [-0.05, 0) is 37.1 Å². The highest BCUT2D eigenvalue weighted by Crippen LogP contribution is 2.29. The summed E-state index contributed by atoms with van der Waals surface area (Å²) in [6.07, 6.45) is 1.44. The molecule has 0 unspecified atom stereocenters. The molecule has 2 heterocycles. The van der Waals surface area contributed by atoms with Gasteiger partial charge in [0, 0.05) is 13.1 Å². The first-order valence-electron chi connectivity index (χ1n) is 8.18. The van der Waals surface area contributed by atoms with E-state index in [2.05, 4.69) is 5.10 Å². The van der Waals surface area contributed by atoms with Crippen LogP contribution in [0.15, 0.2) is 35.3 Å². The van der Waals surface area contributed by atoms with E-state index < -0.39 is 17.3 Å². The van der Waals surface area contributed by atoms with Crippen molar-refractivity contribution in [2.45, 2.75) is 31.9 Å². The molecule has 1 aliphatic rings. The Morgan fingerprint density at radius 3 is 2.16 bits per heavy atom. The van der Waals surface area contributed by atoms with Crippen LogP contribution in [0.5, 0.6) is 0 Å². The van der Waals surface area contributed by atoms with Gasteiger partial charge in [0.25, 0.3) is 5.56 Å². The first-order chi connectivity index (χ1) is 11.9. The lowest BCUT2D eigenvalue weighted by Crippen LogP contribution is -2.31. The Kier molecular flexibility index (Phi) is 4.69. The summed E-state index contributed by atoms with van der Waals surface area (Å²) in [6, 6.07) is 4.26. The van der Waals surface area contributed by atoms with Crippen LogP contribution in [0.1, 0.15) is 31.2 Å². The zero-order valence-electron chi connectivity index (χ0n) is 13.6. The number of hydrogen-bond acceptors (Lipinski definition) is 4. The van der Waals surface area contributed by atoms with E-state index in [0.717, 1.165) is 55.6 Å². The van der Waals surface area contributed by atoms with E-state index in [9.17, 15) is 18.0 Å². The van der Waals surface area contributed by atoms with Crippen LogP contribution in [0.4, 0.5) is 24.5 Å². The third kappa shape index (κ3) is 3.62. The molecule has 5 nitrogen and oxygen atoms in total. The Balaban J connectivity index is 1.93. The van der Waals surface area contributed by atoms with Gasteiger partial charge in [-0.1, -0.05) is 12.8 Å². The molecule has 1 aliphatic heterocycles. The van der Waals surface area contributed by atoms with E-state index in [4.69, 9.17) is 5.73 Å². The molecule has 2 N–H and O–H groups in total. The number of nitrogens with two attached hydrogens (primary N) is 1. The highest BCUT2D eigenvalue weighted by molar-refractivity contribution is 5.65. The lowest BCUT2D eigenvalue weighted by Gasteiger charge is -2.23. The van der Waals surface area contributed by atoms with E-state index in [1.165, 1.54) is 18.3 Å². The minimum atomic E-state index is -4.42. The summed E-state index contributed by atoms with van der Waals surface area (Å²) in [5.74, 6) is 0. The summed E-state index contributed by atoms with van der Waals surface area (Å²) < 4.78 is 39.0. The number of hydrogen-bond donors (Lipinski definition) is 1. The third-order valence-corrected chi connectivity index (χ3v) is 4.38. The molecule has 1 fully saturated rings. The number of aromatic nitrogens is 2. The quantitative estimate of drug-likeness (QED) is 0.901. The number of anilines is 2. The molecule has 0 bridgehead atoms. The Morgan fingerprint density at radius 2 is 1.60 bits per heavy atom. The first-order valence-corrected chi connectivity index (χ1v) is 8.18. The molecule has 2 aromatic rings. The van der Waals surface area contributed by atoms with Crippen molar-refractivity contribution in [1.29, 1.82) is 0 Å². The fourth-order valence-electron chi connectivity index (χ4n) is 3.00. The van der Waals surface area contributed by atoms with Crippen molar-refractivity contribution in [3.63, 3.8) is 0 Å². The average Bonchev–Trinajstić information content (AvgIpc) is 2.86. The predicted molar refractivity (Wildman–Crippen MR) is 89.9 cm³/mol. The normalized spacial score (nSPS) is 15.9. The summed E-state index contributed by atoms with van der Waals surface area (Å²) in [5, 5.41) is 4.11. The van der Waals surface area contributed by atoms with E-state index in [0.29, 0.717) is 5.69 Å². The number of rotatable bonds is 2. The molecular formula is C17H19F3N4O. The lowest BCUT2D eigenvalue weighted by atomic mass is 10.2. The lowest BCUT2D eigenvalue weighted by molar-refractivity contribution is -0.137. The molecule has 3 rings (SSSR count). The van der Waals surface area contributed by atoms with Crippen LogP contribution in [-0.2, 0) is 6.18 Å². The summed E-state index contributed by atoms with van der Waals surface area (Å²) >= 11 is 0. The molecule has 1 aromatic heterocycles. The van der Waals surface area contributed by atoms with Crippen molar-refractivity contribution in [3.8, 4) is 5.69 Å². The number of nitrogen functional groups attached to an aromatic ring is 1. The van der Waals surface area contributed by atoms with Crippen LogP contribution in [0.3, 0.4) is 0 Å². The van der Waals surface area contributed by atoms with E-state index in [1.807, 2.05) is 4.90 Å². The summed E-state index contributed by atoms with van der Waals surface area (Å²) in [4.78, 5) is 14.6. The van der Waals surface area contributed by atoms with Crippen molar-refractivity contribution < 1.29 is 13.2 Å². The fraction of sp³-hybridized carbons (Fsp3) is 0.412. The van der Waals surface area contributed by atoms with Crippen molar-refractivity contribution in [1.82, 2.24) is 9.78 Å². The van der Waals surface area contributed by atoms with Crippen molar-refractivity contribution in [2.75, 3.05) is 23.7 Å². The van der Waals surface area contributed by atoms with Crippen LogP contribution in [0.25, 0.3) is 5.69 Å². The maximum atomic E-state index is 12.6. The topological polar surface area (TPSA) is 64.2 Å². The second-order valence-electron chi connectivity index (χ2n) is 6.11. The molecule has 134 valence electrons. The Labute approximate surface area is 142 Å². The fourth-order valence-corrected chi connectivity index (χ4v) is 3.00. The summed E-state index contributed by atoms with van der Waals surface area (Å²) in [5.41, 5.74) is 5.60. The molecule has 25 heavy (non-hydrogen) atoms. The maximum Gasteiger partial charge on any atom is 0.416 e. The molecule has 0 aliphatic carbocycles. The molecule has 0 atom stereocenters. The number of nitrogens with zero attached hydrogens (tertiary/aromatic N) is 3. The minimum Gasteiger partial charge on any atom is -0.392 e. The van der Waals surface area contributed by atoms with Gasteiger partial charge in [-0.15, -0.1) is 0 Å². The van der Waals surface area contributed by atoms with Gasteiger partial charge < -0.3 is 10.6 Å².